The van der Waals surface area contributed by atoms with Crippen molar-refractivity contribution in [2.45, 2.75) is 13.5 Å². The monoisotopic (exact) mass is 486 g/mol. The summed E-state index contributed by atoms with van der Waals surface area (Å²) in [5.41, 5.74) is 2.67. The SMILES string of the molecule is Cc1cc(NC(=O)c2ccc(F)cc2Cl)sc1C(=O)NCc1nc(-c2ccncc2)cs1. The van der Waals surface area contributed by atoms with Crippen molar-refractivity contribution in [1.29, 1.82) is 0 Å². The molecule has 0 saturated heterocycles. The third-order valence-corrected chi connectivity index (χ3v) is 6.78. The predicted octanol–water partition coefficient (Wildman–Crippen LogP) is 5.55. The Morgan fingerprint density at radius 3 is 2.66 bits per heavy atom. The third-order valence-electron chi connectivity index (χ3n) is 4.46. The van der Waals surface area contributed by atoms with E-state index in [1.165, 1.54) is 17.4 Å². The Morgan fingerprint density at radius 2 is 1.91 bits per heavy atom. The number of carbonyl (C=O) groups excluding carboxylic acids is 2. The molecule has 0 unspecified atom stereocenters. The normalized spacial score (nSPS) is 10.7. The first kappa shape index (κ1) is 22.1. The quantitative estimate of drug-likeness (QED) is 0.374. The molecule has 0 bridgehead atoms. The second kappa shape index (κ2) is 9.56. The van der Waals surface area contributed by atoms with Gasteiger partial charge in [-0.25, -0.2) is 9.37 Å². The molecule has 10 heteroatoms. The van der Waals surface area contributed by atoms with Crippen molar-refractivity contribution in [1.82, 2.24) is 15.3 Å². The second-order valence-electron chi connectivity index (χ2n) is 6.75. The molecule has 4 rings (SSSR count). The molecule has 162 valence electrons. The van der Waals surface area contributed by atoms with Crippen LogP contribution >= 0.6 is 34.3 Å². The number of hydrogen-bond acceptors (Lipinski definition) is 6. The van der Waals surface area contributed by atoms with E-state index in [1.807, 2.05) is 17.5 Å². The lowest BCUT2D eigenvalue weighted by Crippen LogP contribution is -2.22. The van der Waals surface area contributed by atoms with Gasteiger partial charge >= 0.3 is 0 Å². The number of rotatable bonds is 6. The third kappa shape index (κ3) is 5.01. The number of aryl methyl sites for hydroxylation is 1. The molecule has 2 N–H and O–H groups in total. The van der Waals surface area contributed by atoms with Gasteiger partial charge in [-0.05, 0) is 48.9 Å². The minimum Gasteiger partial charge on any atom is -0.345 e. The molecule has 0 radical (unpaired) electrons. The first-order valence-corrected chi connectivity index (χ1v) is 11.5. The molecule has 2 amide bonds. The lowest BCUT2D eigenvalue weighted by atomic mass is 10.2. The van der Waals surface area contributed by atoms with Gasteiger partial charge in [0.25, 0.3) is 11.8 Å². The number of carbonyl (C=O) groups is 2. The molecule has 0 atom stereocenters. The zero-order chi connectivity index (χ0) is 22.7. The number of amides is 2. The number of nitrogens with one attached hydrogen (secondary N) is 2. The van der Waals surface area contributed by atoms with Gasteiger partial charge in [0.15, 0.2) is 0 Å². The maximum Gasteiger partial charge on any atom is 0.262 e. The lowest BCUT2D eigenvalue weighted by molar-refractivity contribution is 0.0953. The van der Waals surface area contributed by atoms with Crippen molar-refractivity contribution < 1.29 is 14.0 Å². The summed E-state index contributed by atoms with van der Waals surface area (Å²) in [5, 5.41) is 8.79. The van der Waals surface area contributed by atoms with Gasteiger partial charge in [0.2, 0.25) is 0 Å². The molecular formula is C22H16ClFN4O2S2. The Kier molecular flexibility index (Phi) is 6.59. The molecule has 0 spiro atoms. The molecule has 4 aromatic rings. The van der Waals surface area contributed by atoms with Crippen LogP contribution in [0.25, 0.3) is 11.3 Å². The summed E-state index contributed by atoms with van der Waals surface area (Å²) in [6, 6.07) is 9.02. The Morgan fingerprint density at radius 1 is 1.12 bits per heavy atom. The maximum absolute atomic E-state index is 13.2. The van der Waals surface area contributed by atoms with Crippen LogP contribution in [0.1, 0.15) is 30.6 Å². The number of anilines is 1. The van der Waals surface area contributed by atoms with Crippen LogP contribution in [-0.2, 0) is 6.54 Å². The summed E-state index contributed by atoms with van der Waals surface area (Å²) in [5.74, 6) is -1.26. The topological polar surface area (TPSA) is 84.0 Å². The van der Waals surface area contributed by atoms with Crippen molar-refractivity contribution >= 4 is 51.1 Å². The Balaban J connectivity index is 1.40. The Bertz CT molecular complexity index is 1290. The van der Waals surface area contributed by atoms with Crippen molar-refractivity contribution in [2.24, 2.45) is 0 Å². The summed E-state index contributed by atoms with van der Waals surface area (Å²) in [4.78, 5) is 34.1. The zero-order valence-corrected chi connectivity index (χ0v) is 19.1. The van der Waals surface area contributed by atoms with Crippen LogP contribution in [0.5, 0.6) is 0 Å². The van der Waals surface area contributed by atoms with E-state index in [2.05, 4.69) is 20.6 Å². The predicted molar refractivity (Wildman–Crippen MR) is 125 cm³/mol. The number of hydrogen-bond donors (Lipinski definition) is 2. The van der Waals surface area contributed by atoms with Crippen LogP contribution in [0.2, 0.25) is 5.02 Å². The van der Waals surface area contributed by atoms with Gasteiger partial charge in [0, 0.05) is 23.3 Å². The minimum absolute atomic E-state index is 0.0170. The second-order valence-corrected chi connectivity index (χ2v) is 9.15. The van der Waals surface area contributed by atoms with Crippen LogP contribution in [0.15, 0.2) is 54.2 Å². The highest BCUT2D eigenvalue weighted by Crippen LogP contribution is 2.28. The molecule has 3 heterocycles. The Labute approximate surface area is 196 Å². The molecule has 6 nitrogen and oxygen atoms in total. The average Bonchev–Trinajstić information content (AvgIpc) is 3.39. The van der Waals surface area contributed by atoms with E-state index in [9.17, 15) is 14.0 Å². The molecule has 0 aliphatic heterocycles. The highest BCUT2D eigenvalue weighted by molar-refractivity contribution is 7.18. The van der Waals surface area contributed by atoms with Crippen molar-refractivity contribution in [3.63, 3.8) is 0 Å². The summed E-state index contributed by atoms with van der Waals surface area (Å²) in [7, 11) is 0. The molecular weight excluding hydrogens is 471 g/mol. The number of nitrogens with zero attached hydrogens (tertiary/aromatic N) is 2. The van der Waals surface area contributed by atoms with Gasteiger partial charge in [-0.1, -0.05) is 11.6 Å². The number of pyridine rings is 1. The van der Waals surface area contributed by atoms with E-state index >= 15 is 0 Å². The fourth-order valence-electron chi connectivity index (χ4n) is 2.91. The number of thiophene rings is 1. The van der Waals surface area contributed by atoms with Crippen LogP contribution < -0.4 is 10.6 Å². The van der Waals surface area contributed by atoms with Gasteiger partial charge in [-0.15, -0.1) is 22.7 Å². The van der Waals surface area contributed by atoms with Gasteiger partial charge in [-0.3, -0.25) is 14.6 Å². The van der Waals surface area contributed by atoms with Crippen molar-refractivity contribution in [2.75, 3.05) is 5.32 Å². The molecule has 0 fully saturated rings. The lowest BCUT2D eigenvalue weighted by Gasteiger charge is -2.04. The Hall–Kier alpha value is -3.14. The number of benzene rings is 1. The summed E-state index contributed by atoms with van der Waals surface area (Å²) < 4.78 is 13.2. The summed E-state index contributed by atoms with van der Waals surface area (Å²) >= 11 is 8.56. The number of thiazole rings is 1. The van der Waals surface area contributed by atoms with Crippen molar-refractivity contribution in [3.05, 3.63) is 86.0 Å². The highest BCUT2D eigenvalue weighted by Gasteiger charge is 2.17. The minimum atomic E-state index is -0.523. The van der Waals surface area contributed by atoms with Crippen LogP contribution in [0, 0.1) is 12.7 Å². The van der Waals surface area contributed by atoms with Gasteiger partial charge in [0.1, 0.15) is 10.8 Å². The van der Waals surface area contributed by atoms with E-state index in [4.69, 9.17) is 11.6 Å². The fourth-order valence-corrected chi connectivity index (χ4v) is 4.89. The van der Waals surface area contributed by atoms with Crippen LogP contribution in [0.3, 0.4) is 0 Å². The molecule has 32 heavy (non-hydrogen) atoms. The van der Waals surface area contributed by atoms with E-state index in [1.54, 1.807) is 25.4 Å². The molecule has 0 aliphatic carbocycles. The highest BCUT2D eigenvalue weighted by atomic mass is 35.5. The molecule has 3 aromatic heterocycles. The van der Waals surface area contributed by atoms with E-state index in [0.717, 1.165) is 45.3 Å². The molecule has 0 aliphatic rings. The van der Waals surface area contributed by atoms with Gasteiger partial charge in [0.05, 0.1) is 32.7 Å². The van der Waals surface area contributed by atoms with E-state index in [0.29, 0.717) is 16.4 Å². The van der Waals surface area contributed by atoms with E-state index < -0.39 is 11.7 Å². The number of halogens is 2. The number of aromatic nitrogens is 2. The van der Waals surface area contributed by atoms with Gasteiger partial charge < -0.3 is 10.6 Å². The summed E-state index contributed by atoms with van der Waals surface area (Å²) in [6.07, 6.45) is 3.41. The maximum atomic E-state index is 13.2. The van der Waals surface area contributed by atoms with E-state index in [-0.39, 0.29) is 16.5 Å². The first-order chi connectivity index (χ1) is 15.4. The smallest absolute Gasteiger partial charge is 0.262 e. The largest absolute Gasteiger partial charge is 0.345 e. The van der Waals surface area contributed by atoms with Crippen molar-refractivity contribution in [3.8, 4) is 11.3 Å². The van der Waals surface area contributed by atoms with Gasteiger partial charge in [-0.2, -0.15) is 0 Å². The average molecular weight is 487 g/mol. The molecule has 1 aromatic carbocycles. The fraction of sp³-hybridized carbons (Fsp3) is 0.0909. The standard InChI is InChI=1S/C22H16ClFN4O2S2/c1-12-8-18(28-21(29)15-3-2-14(24)9-16(15)23)32-20(12)22(30)26-10-19-27-17(11-31-19)13-4-6-25-7-5-13/h2-9,11H,10H2,1H3,(H,26,30)(H,28,29). The van der Waals surface area contributed by atoms with Crippen LogP contribution in [-0.4, -0.2) is 21.8 Å². The first-order valence-electron chi connectivity index (χ1n) is 9.40. The van der Waals surface area contributed by atoms with Crippen LogP contribution in [0.4, 0.5) is 9.39 Å². The molecule has 0 saturated carbocycles. The zero-order valence-electron chi connectivity index (χ0n) is 16.7. The summed E-state index contributed by atoms with van der Waals surface area (Å²) in [6.45, 7) is 2.08.